The summed E-state index contributed by atoms with van der Waals surface area (Å²) in [4.78, 5) is 4.67. The normalized spacial score (nSPS) is 10.6. The molecule has 16 heavy (non-hydrogen) atoms. The first-order valence-electron chi connectivity index (χ1n) is 5.97. The molecule has 0 aliphatic carbocycles. The lowest BCUT2D eigenvalue weighted by atomic mass is 10.1. The summed E-state index contributed by atoms with van der Waals surface area (Å²) in [5.41, 5.74) is 2.45. The Morgan fingerprint density at radius 1 is 1.12 bits per heavy atom. The molecule has 0 aliphatic heterocycles. The largest absolute Gasteiger partial charge is 0.370 e. The van der Waals surface area contributed by atoms with Crippen molar-refractivity contribution in [2.24, 2.45) is 0 Å². The fourth-order valence-electron chi connectivity index (χ4n) is 1.85. The van der Waals surface area contributed by atoms with Gasteiger partial charge in [-0.05, 0) is 30.5 Å². The van der Waals surface area contributed by atoms with Gasteiger partial charge in [0.05, 0.1) is 5.52 Å². The van der Waals surface area contributed by atoms with E-state index in [0.29, 0.717) is 0 Å². The third-order valence-corrected chi connectivity index (χ3v) is 2.74. The highest BCUT2D eigenvalue weighted by Gasteiger charge is 2.01. The van der Waals surface area contributed by atoms with Gasteiger partial charge in [-0.2, -0.15) is 0 Å². The van der Waals surface area contributed by atoms with Gasteiger partial charge in [0, 0.05) is 11.9 Å². The van der Waals surface area contributed by atoms with E-state index < -0.39 is 0 Å². The third kappa shape index (κ3) is 2.16. The smallest absolute Gasteiger partial charge is 0.126 e. The second kappa shape index (κ2) is 4.97. The molecule has 2 heteroatoms. The first-order chi connectivity index (χ1) is 7.85. The van der Waals surface area contributed by atoms with Crippen LogP contribution in [0.15, 0.2) is 30.3 Å². The van der Waals surface area contributed by atoms with Gasteiger partial charge in [-0.15, -0.1) is 0 Å². The van der Waals surface area contributed by atoms with Crippen molar-refractivity contribution in [2.45, 2.75) is 26.7 Å². The van der Waals surface area contributed by atoms with E-state index in [1.165, 1.54) is 10.9 Å². The lowest BCUT2D eigenvalue weighted by Gasteiger charge is -2.07. The Hall–Kier alpha value is -1.57. The SMILES string of the molecule is CCCNc1ccc2cccc(CC)c2n1. The van der Waals surface area contributed by atoms with Crippen LogP contribution in [0.5, 0.6) is 0 Å². The van der Waals surface area contributed by atoms with Gasteiger partial charge in [0.15, 0.2) is 0 Å². The van der Waals surface area contributed by atoms with Gasteiger partial charge in [-0.3, -0.25) is 0 Å². The fraction of sp³-hybridized carbons (Fsp3) is 0.357. The zero-order valence-corrected chi connectivity index (χ0v) is 9.96. The van der Waals surface area contributed by atoms with Gasteiger partial charge in [-0.1, -0.05) is 32.0 Å². The van der Waals surface area contributed by atoms with Gasteiger partial charge in [0.25, 0.3) is 0 Å². The summed E-state index contributed by atoms with van der Waals surface area (Å²) in [6.45, 7) is 5.31. The van der Waals surface area contributed by atoms with Crippen molar-refractivity contribution in [3.05, 3.63) is 35.9 Å². The lowest BCUT2D eigenvalue weighted by Crippen LogP contribution is -2.02. The average molecular weight is 214 g/mol. The number of benzene rings is 1. The molecule has 0 saturated heterocycles. The van der Waals surface area contributed by atoms with E-state index in [0.717, 1.165) is 30.7 Å². The van der Waals surface area contributed by atoms with Crippen LogP contribution >= 0.6 is 0 Å². The molecule has 0 saturated carbocycles. The Morgan fingerprint density at radius 2 is 2.00 bits per heavy atom. The Labute approximate surface area is 96.7 Å². The van der Waals surface area contributed by atoms with Gasteiger partial charge in [0.1, 0.15) is 5.82 Å². The van der Waals surface area contributed by atoms with Crippen LogP contribution in [0.25, 0.3) is 10.9 Å². The van der Waals surface area contributed by atoms with E-state index in [4.69, 9.17) is 0 Å². The predicted octanol–water partition coefficient (Wildman–Crippen LogP) is 3.62. The molecular weight excluding hydrogens is 196 g/mol. The van der Waals surface area contributed by atoms with Crippen LogP contribution in [0.3, 0.4) is 0 Å². The molecule has 1 heterocycles. The Kier molecular flexibility index (Phi) is 3.40. The van der Waals surface area contributed by atoms with E-state index in [9.17, 15) is 0 Å². The number of nitrogens with one attached hydrogen (secondary N) is 1. The zero-order valence-electron chi connectivity index (χ0n) is 9.96. The number of aromatic nitrogens is 1. The number of rotatable bonds is 4. The molecule has 84 valence electrons. The molecule has 0 spiro atoms. The molecule has 1 aromatic carbocycles. The van der Waals surface area contributed by atoms with E-state index in [1.807, 2.05) is 0 Å². The van der Waals surface area contributed by atoms with Crippen LogP contribution in [0, 0.1) is 0 Å². The van der Waals surface area contributed by atoms with E-state index >= 15 is 0 Å². The van der Waals surface area contributed by atoms with Gasteiger partial charge >= 0.3 is 0 Å². The summed E-state index contributed by atoms with van der Waals surface area (Å²) < 4.78 is 0. The summed E-state index contributed by atoms with van der Waals surface area (Å²) >= 11 is 0. The first kappa shape index (κ1) is 10.9. The van der Waals surface area contributed by atoms with E-state index in [-0.39, 0.29) is 0 Å². The molecule has 0 fully saturated rings. The zero-order chi connectivity index (χ0) is 11.4. The molecule has 2 rings (SSSR count). The Balaban J connectivity index is 2.42. The summed E-state index contributed by atoms with van der Waals surface area (Å²) in [5, 5.41) is 4.55. The number of para-hydroxylation sites is 1. The number of pyridine rings is 1. The summed E-state index contributed by atoms with van der Waals surface area (Å²) in [5.74, 6) is 0.982. The number of hydrogen-bond donors (Lipinski definition) is 1. The fourth-order valence-corrected chi connectivity index (χ4v) is 1.85. The number of anilines is 1. The standard InChI is InChI=1S/C14H18N2/c1-3-10-15-13-9-8-12-7-5-6-11(4-2)14(12)16-13/h5-9H,3-4,10H2,1-2H3,(H,15,16). The van der Waals surface area contributed by atoms with Crippen LogP contribution < -0.4 is 5.32 Å². The maximum Gasteiger partial charge on any atom is 0.126 e. The Morgan fingerprint density at radius 3 is 2.75 bits per heavy atom. The Bertz CT molecular complexity index is 477. The molecule has 0 atom stereocenters. The summed E-state index contributed by atoms with van der Waals surface area (Å²) in [7, 11) is 0. The van der Waals surface area contributed by atoms with Crippen LogP contribution in [-0.4, -0.2) is 11.5 Å². The van der Waals surface area contributed by atoms with Crippen LogP contribution in [-0.2, 0) is 6.42 Å². The number of fused-ring (bicyclic) bond motifs is 1. The number of nitrogens with zero attached hydrogens (tertiary/aromatic N) is 1. The molecule has 0 aliphatic rings. The molecule has 2 nitrogen and oxygen atoms in total. The minimum Gasteiger partial charge on any atom is -0.370 e. The quantitative estimate of drug-likeness (QED) is 0.840. The van der Waals surface area contributed by atoms with Crippen LogP contribution in [0.1, 0.15) is 25.8 Å². The van der Waals surface area contributed by atoms with Crippen molar-refractivity contribution in [3.63, 3.8) is 0 Å². The molecule has 1 N–H and O–H groups in total. The van der Waals surface area contributed by atoms with E-state index in [1.54, 1.807) is 0 Å². The molecule has 0 unspecified atom stereocenters. The number of hydrogen-bond acceptors (Lipinski definition) is 2. The lowest BCUT2D eigenvalue weighted by molar-refractivity contribution is 0.971. The van der Waals surface area contributed by atoms with Gasteiger partial charge in [-0.25, -0.2) is 4.98 Å². The predicted molar refractivity (Wildman–Crippen MR) is 69.9 cm³/mol. The highest BCUT2D eigenvalue weighted by atomic mass is 15.0. The minimum atomic E-state index is 0.979. The molecule has 0 bridgehead atoms. The molecule has 1 aromatic heterocycles. The second-order valence-electron chi connectivity index (χ2n) is 3.97. The molecule has 0 radical (unpaired) electrons. The van der Waals surface area contributed by atoms with Crippen molar-refractivity contribution in [1.82, 2.24) is 4.98 Å². The van der Waals surface area contributed by atoms with Crippen LogP contribution in [0.4, 0.5) is 5.82 Å². The van der Waals surface area contributed by atoms with Crippen molar-refractivity contribution >= 4 is 16.7 Å². The topological polar surface area (TPSA) is 24.9 Å². The van der Waals surface area contributed by atoms with Crippen molar-refractivity contribution in [3.8, 4) is 0 Å². The molecule has 2 aromatic rings. The maximum atomic E-state index is 4.67. The van der Waals surface area contributed by atoms with Crippen molar-refractivity contribution < 1.29 is 0 Å². The highest BCUT2D eigenvalue weighted by Crippen LogP contribution is 2.19. The van der Waals surface area contributed by atoms with Crippen molar-refractivity contribution in [1.29, 1.82) is 0 Å². The maximum absolute atomic E-state index is 4.67. The molecular formula is C14H18N2. The first-order valence-corrected chi connectivity index (χ1v) is 5.97. The summed E-state index contributed by atoms with van der Waals surface area (Å²) in [6.07, 6.45) is 2.15. The van der Waals surface area contributed by atoms with Gasteiger partial charge in [0.2, 0.25) is 0 Å². The minimum absolute atomic E-state index is 0.979. The van der Waals surface area contributed by atoms with Crippen molar-refractivity contribution in [2.75, 3.05) is 11.9 Å². The van der Waals surface area contributed by atoms with E-state index in [2.05, 4.69) is 54.5 Å². The number of aryl methyl sites for hydroxylation is 1. The van der Waals surface area contributed by atoms with Crippen LogP contribution in [0.2, 0.25) is 0 Å². The monoisotopic (exact) mass is 214 g/mol. The third-order valence-electron chi connectivity index (χ3n) is 2.74. The second-order valence-corrected chi connectivity index (χ2v) is 3.97. The average Bonchev–Trinajstić information content (AvgIpc) is 2.35. The molecule has 0 amide bonds. The highest BCUT2D eigenvalue weighted by molar-refractivity contribution is 5.83. The summed E-state index contributed by atoms with van der Waals surface area (Å²) in [6, 6.07) is 10.6. The van der Waals surface area contributed by atoms with Gasteiger partial charge < -0.3 is 5.32 Å².